The standard InChI is InChI=1S/C25H17NO2/c27-21-10-4-8-15-17(21)12-19-23(14-6-2-1-3-7-14)20-13-18-16(9-5-11-22(18)28)25(20)26-24(15)19/h1-11,27-28H,12-13H2. The number of hydrogen-bond donors (Lipinski definition) is 2. The Bertz CT molecular complexity index is 1200. The summed E-state index contributed by atoms with van der Waals surface area (Å²) in [6.45, 7) is 0. The van der Waals surface area contributed by atoms with Crippen LogP contribution in [0.5, 0.6) is 11.5 Å². The van der Waals surface area contributed by atoms with Crippen LogP contribution in [0, 0.1) is 0 Å². The van der Waals surface area contributed by atoms with E-state index in [-0.39, 0.29) is 0 Å². The fourth-order valence-electron chi connectivity index (χ4n) is 4.73. The fourth-order valence-corrected chi connectivity index (χ4v) is 4.73. The summed E-state index contributed by atoms with van der Waals surface area (Å²) in [6.07, 6.45) is 1.34. The van der Waals surface area contributed by atoms with E-state index in [1.165, 1.54) is 5.56 Å². The monoisotopic (exact) mass is 363 g/mol. The minimum absolute atomic E-state index is 0.327. The van der Waals surface area contributed by atoms with Crippen LogP contribution < -0.4 is 0 Å². The number of aromatic nitrogens is 1. The summed E-state index contributed by atoms with van der Waals surface area (Å²) in [5.41, 5.74) is 10.4. The van der Waals surface area contributed by atoms with Gasteiger partial charge in [0.1, 0.15) is 11.5 Å². The third kappa shape index (κ3) is 1.96. The molecule has 0 aliphatic heterocycles. The smallest absolute Gasteiger partial charge is 0.119 e. The van der Waals surface area contributed by atoms with Gasteiger partial charge < -0.3 is 10.2 Å². The van der Waals surface area contributed by atoms with Crippen molar-refractivity contribution in [3.05, 3.63) is 89.0 Å². The third-order valence-corrected chi connectivity index (χ3v) is 5.98. The molecule has 1 heterocycles. The lowest BCUT2D eigenvalue weighted by Gasteiger charge is -2.14. The second-order valence-electron chi connectivity index (χ2n) is 7.47. The predicted molar refractivity (Wildman–Crippen MR) is 109 cm³/mol. The SMILES string of the molecule is Oc1cccc2c1Cc1c-2nc2c(c1-c1ccccc1)Cc1c(O)cccc1-2. The maximum absolute atomic E-state index is 10.4. The molecule has 0 bridgehead atoms. The van der Waals surface area contributed by atoms with Crippen molar-refractivity contribution in [2.24, 2.45) is 0 Å². The molecule has 0 fully saturated rings. The molecule has 1 aromatic heterocycles. The highest BCUT2D eigenvalue weighted by Gasteiger charge is 2.33. The van der Waals surface area contributed by atoms with Crippen molar-refractivity contribution in [3.63, 3.8) is 0 Å². The molecule has 0 radical (unpaired) electrons. The van der Waals surface area contributed by atoms with Gasteiger partial charge in [-0.1, -0.05) is 54.6 Å². The first-order valence-corrected chi connectivity index (χ1v) is 9.46. The van der Waals surface area contributed by atoms with Crippen molar-refractivity contribution in [2.75, 3.05) is 0 Å². The Kier molecular flexibility index (Phi) is 3.01. The van der Waals surface area contributed by atoms with Gasteiger partial charge in [-0.3, -0.25) is 0 Å². The molecule has 6 rings (SSSR count). The molecule has 2 aliphatic rings. The van der Waals surface area contributed by atoms with Gasteiger partial charge in [-0.05, 0) is 34.4 Å². The molecular formula is C25H17NO2. The minimum Gasteiger partial charge on any atom is -0.508 e. The highest BCUT2D eigenvalue weighted by molar-refractivity contribution is 5.92. The molecule has 3 nitrogen and oxygen atoms in total. The number of aromatic hydroxyl groups is 2. The maximum atomic E-state index is 10.4. The Balaban J connectivity index is 1.72. The van der Waals surface area contributed by atoms with Crippen LogP contribution in [-0.2, 0) is 12.8 Å². The first-order chi connectivity index (χ1) is 13.7. The molecule has 0 saturated carbocycles. The van der Waals surface area contributed by atoms with Crippen LogP contribution in [0.25, 0.3) is 33.6 Å². The summed E-state index contributed by atoms with van der Waals surface area (Å²) in [5.74, 6) is 0.653. The topological polar surface area (TPSA) is 53.4 Å². The van der Waals surface area contributed by atoms with Gasteiger partial charge in [-0.2, -0.15) is 0 Å². The molecule has 0 saturated heterocycles. The lowest BCUT2D eigenvalue weighted by Crippen LogP contribution is -1.98. The van der Waals surface area contributed by atoms with E-state index >= 15 is 0 Å². The Morgan fingerprint density at radius 2 is 1.11 bits per heavy atom. The Morgan fingerprint density at radius 3 is 1.64 bits per heavy atom. The summed E-state index contributed by atoms with van der Waals surface area (Å²) in [4.78, 5) is 5.06. The first-order valence-electron chi connectivity index (χ1n) is 9.46. The summed E-state index contributed by atoms with van der Waals surface area (Å²) >= 11 is 0. The van der Waals surface area contributed by atoms with Crippen molar-refractivity contribution >= 4 is 0 Å². The average molecular weight is 363 g/mol. The number of rotatable bonds is 1. The van der Waals surface area contributed by atoms with E-state index in [0.717, 1.165) is 50.3 Å². The predicted octanol–water partition coefficient (Wildman–Crippen LogP) is 5.30. The summed E-state index contributed by atoms with van der Waals surface area (Å²) in [7, 11) is 0. The number of phenolic OH excluding ortho intramolecular Hbond substituents is 2. The number of hydrogen-bond acceptors (Lipinski definition) is 3. The molecule has 2 aliphatic carbocycles. The zero-order chi connectivity index (χ0) is 18.8. The average Bonchev–Trinajstić information content (AvgIpc) is 3.27. The maximum Gasteiger partial charge on any atom is 0.119 e. The van der Waals surface area contributed by atoms with Gasteiger partial charge in [0, 0.05) is 35.1 Å². The van der Waals surface area contributed by atoms with Crippen molar-refractivity contribution in [2.45, 2.75) is 12.8 Å². The first kappa shape index (κ1) is 15.5. The van der Waals surface area contributed by atoms with Gasteiger partial charge in [0.15, 0.2) is 0 Å². The molecule has 134 valence electrons. The summed E-state index contributed by atoms with van der Waals surface area (Å²) < 4.78 is 0. The van der Waals surface area contributed by atoms with Crippen LogP contribution in [0.15, 0.2) is 66.7 Å². The highest BCUT2D eigenvalue weighted by atomic mass is 16.3. The number of phenols is 2. The van der Waals surface area contributed by atoms with Crippen molar-refractivity contribution < 1.29 is 10.2 Å². The normalized spacial score (nSPS) is 13.0. The lowest BCUT2D eigenvalue weighted by molar-refractivity contribution is 0.470. The van der Waals surface area contributed by atoms with E-state index in [0.29, 0.717) is 24.3 Å². The van der Waals surface area contributed by atoms with Crippen LogP contribution >= 0.6 is 0 Å². The van der Waals surface area contributed by atoms with Gasteiger partial charge in [-0.15, -0.1) is 0 Å². The van der Waals surface area contributed by atoms with Crippen LogP contribution in [0.1, 0.15) is 22.3 Å². The summed E-state index contributed by atoms with van der Waals surface area (Å²) in [5, 5.41) is 20.8. The van der Waals surface area contributed by atoms with Crippen LogP contribution in [-0.4, -0.2) is 15.2 Å². The number of nitrogens with zero attached hydrogens (tertiary/aromatic N) is 1. The van der Waals surface area contributed by atoms with Crippen LogP contribution in [0.4, 0.5) is 0 Å². The number of fused-ring (bicyclic) bond motifs is 6. The second kappa shape index (κ2) is 5.46. The third-order valence-electron chi connectivity index (χ3n) is 5.98. The van der Waals surface area contributed by atoms with Crippen LogP contribution in [0.2, 0.25) is 0 Å². The molecule has 4 aromatic rings. The van der Waals surface area contributed by atoms with Crippen molar-refractivity contribution in [3.8, 4) is 45.1 Å². The highest BCUT2D eigenvalue weighted by Crippen LogP contribution is 2.51. The molecule has 2 N–H and O–H groups in total. The molecule has 0 amide bonds. The van der Waals surface area contributed by atoms with E-state index in [4.69, 9.17) is 4.98 Å². The van der Waals surface area contributed by atoms with E-state index < -0.39 is 0 Å². The molecule has 3 aromatic carbocycles. The van der Waals surface area contributed by atoms with E-state index in [1.54, 1.807) is 12.1 Å². The van der Waals surface area contributed by atoms with E-state index in [9.17, 15) is 10.2 Å². The molecule has 28 heavy (non-hydrogen) atoms. The van der Waals surface area contributed by atoms with E-state index in [1.807, 2.05) is 42.5 Å². The second-order valence-corrected chi connectivity index (χ2v) is 7.47. The fraction of sp³-hybridized carbons (Fsp3) is 0.0800. The van der Waals surface area contributed by atoms with Crippen molar-refractivity contribution in [1.82, 2.24) is 4.98 Å². The zero-order valence-electron chi connectivity index (χ0n) is 15.1. The number of benzene rings is 3. The molecule has 0 atom stereocenters. The van der Waals surface area contributed by atoms with Gasteiger partial charge in [0.2, 0.25) is 0 Å². The number of pyridine rings is 1. The Morgan fingerprint density at radius 1 is 0.571 bits per heavy atom. The van der Waals surface area contributed by atoms with E-state index in [2.05, 4.69) is 12.1 Å². The Hall–Kier alpha value is -3.59. The van der Waals surface area contributed by atoms with Crippen LogP contribution in [0.3, 0.4) is 0 Å². The largest absolute Gasteiger partial charge is 0.508 e. The van der Waals surface area contributed by atoms with Gasteiger partial charge in [0.05, 0.1) is 11.4 Å². The lowest BCUT2D eigenvalue weighted by atomic mass is 9.92. The zero-order valence-corrected chi connectivity index (χ0v) is 15.1. The minimum atomic E-state index is 0.327. The quantitative estimate of drug-likeness (QED) is 0.417. The molecule has 0 spiro atoms. The van der Waals surface area contributed by atoms with Gasteiger partial charge in [-0.25, -0.2) is 4.98 Å². The molecule has 3 heteroatoms. The molecule has 0 unspecified atom stereocenters. The van der Waals surface area contributed by atoms with Gasteiger partial charge in [0.25, 0.3) is 0 Å². The summed E-state index contributed by atoms with van der Waals surface area (Å²) in [6, 6.07) is 21.7. The Labute approximate surface area is 162 Å². The van der Waals surface area contributed by atoms with Gasteiger partial charge >= 0.3 is 0 Å². The van der Waals surface area contributed by atoms with Crippen molar-refractivity contribution in [1.29, 1.82) is 0 Å². The molecular weight excluding hydrogens is 346 g/mol.